The fourth-order valence-corrected chi connectivity index (χ4v) is 3.27. The first-order chi connectivity index (χ1) is 11.5. The predicted molar refractivity (Wildman–Crippen MR) is 95.6 cm³/mol. The SMILES string of the molecule is CCOC(=O)CC(C)Nc1nn2cc(-c3ccc(Cl)cc3)nc2s1. The summed E-state index contributed by atoms with van der Waals surface area (Å²) in [5.74, 6) is -0.219. The zero-order valence-corrected chi connectivity index (χ0v) is 14.9. The number of nitrogens with one attached hydrogen (secondary N) is 1. The highest BCUT2D eigenvalue weighted by Gasteiger charge is 2.14. The van der Waals surface area contributed by atoms with E-state index in [1.807, 2.05) is 37.4 Å². The minimum absolute atomic E-state index is 0.0596. The molecular formula is C16H17ClN4O2S. The van der Waals surface area contributed by atoms with Gasteiger partial charge in [-0.3, -0.25) is 4.79 Å². The Hall–Kier alpha value is -2.12. The van der Waals surface area contributed by atoms with Gasteiger partial charge in [-0.1, -0.05) is 35.1 Å². The number of hydrogen-bond donors (Lipinski definition) is 1. The lowest BCUT2D eigenvalue weighted by molar-refractivity contribution is -0.143. The van der Waals surface area contributed by atoms with E-state index in [0.29, 0.717) is 18.1 Å². The van der Waals surface area contributed by atoms with Crippen molar-refractivity contribution in [3.8, 4) is 11.3 Å². The summed E-state index contributed by atoms with van der Waals surface area (Å²) in [6.07, 6.45) is 2.17. The number of anilines is 1. The second-order valence-electron chi connectivity index (χ2n) is 5.32. The molecule has 0 spiro atoms. The van der Waals surface area contributed by atoms with E-state index in [1.165, 1.54) is 11.3 Å². The fourth-order valence-electron chi connectivity index (χ4n) is 2.25. The average molecular weight is 365 g/mol. The molecule has 0 aliphatic carbocycles. The summed E-state index contributed by atoms with van der Waals surface area (Å²) < 4.78 is 6.67. The number of carbonyl (C=O) groups is 1. The highest BCUT2D eigenvalue weighted by Crippen LogP contribution is 2.25. The van der Waals surface area contributed by atoms with Gasteiger partial charge in [-0.25, -0.2) is 9.50 Å². The number of halogens is 1. The van der Waals surface area contributed by atoms with Crippen LogP contribution in [-0.2, 0) is 9.53 Å². The van der Waals surface area contributed by atoms with Crippen molar-refractivity contribution in [2.75, 3.05) is 11.9 Å². The topological polar surface area (TPSA) is 68.5 Å². The summed E-state index contributed by atoms with van der Waals surface area (Å²) in [7, 11) is 0. The van der Waals surface area contributed by atoms with Crippen molar-refractivity contribution in [3.63, 3.8) is 0 Å². The summed E-state index contributed by atoms with van der Waals surface area (Å²) in [5, 5.41) is 9.07. The normalized spacial score (nSPS) is 12.3. The Bertz CT molecular complexity index is 812. The molecule has 0 saturated heterocycles. The van der Waals surface area contributed by atoms with Crippen molar-refractivity contribution in [1.29, 1.82) is 0 Å². The van der Waals surface area contributed by atoms with Gasteiger partial charge in [0.2, 0.25) is 10.1 Å². The Labute approximate surface area is 148 Å². The van der Waals surface area contributed by atoms with Crippen LogP contribution in [-0.4, -0.2) is 33.2 Å². The number of nitrogens with zero attached hydrogens (tertiary/aromatic N) is 3. The van der Waals surface area contributed by atoms with Gasteiger partial charge >= 0.3 is 5.97 Å². The number of aromatic nitrogens is 3. The summed E-state index contributed by atoms with van der Waals surface area (Å²) >= 11 is 7.34. The van der Waals surface area contributed by atoms with E-state index in [0.717, 1.165) is 21.3 Å². The van der Waals surface area contributed by atoms with Gasteiger partial charge in [-0.2, -0.15) is 0 Å². The highest BCUT2D eigenvalue weighted by atomic mass is 35.5. The van der Waals surface area contributed by atoms with Gasteiger partial charge in [0, 0.05) is 16.6 Å². The molecule has 1 atom stereocenters. The molecule has 0 fully saturated rings. The standard InChI is InChI=1S/C16H17ClN4O2S/c1-3-23-14(22)8-10(2)18-15-20-21-9-13(19-16(21)24-15)11-4-6-12(17)7-5-11/h4-7,9-10H,3,8H2,1-2H3,(H,18,20). The van der Waals surface area contributed by atoms with Crippen LogP contribution < -0.4 is 5.32 Å². The zero-order valence-electron chi connectivity index (χ0n) is 13.3. The second kappa shape index (κ2) is 7.19. The van der Waals surface area contributed by atoms with Crippen LogP contribution in [0.5, 0.6) is 0 Å². The van der Waals surface area contributed by atoms with Crippen LogP contribution in [0.25, 0.3) is 16.2 Å². The maximum Gasteiger partial charge on any atom is 0.307 e. The minimum Gasteiger partial charge on any atom is -0.466 e. The molecule has 1 unspecified atom stereocenters. The van der Waals surface area contributed by atoms with Crippen molar-refractivity contribution in [2.45, 2.75) is 26.3 Å². The Morgan fingerprint density at radius 1 is 1.42 bits per heavy atom. The smallest absolute Gasteiger partial charge is 0.307 e. The van der Waals surface area contributed by atoms with Crippen LogP contribution in [0.15, 0.2) is 30.5 Å². The van der Waals surface area contributed by atoms with E-state index in [1.54, 1.807) is 11.4 Å². The maximum atomic E-state index is 11.5. The summed E-state index contributed by atoms with van der Waals surface area (Å²) in [6, 6.07) is 7.46. The Kier molecular flexibility index (Phi) is 5.01. The zero-order chi connectivity index (χ0) is 17.1. The molecule has 0 amide bonds. The van der Waals surface area contributed by atoms with E-state index < -0.39 is 0 Å². The van der Waals surface area contributed by atoms with Crippen LogP contribution in [0.1, 0.15) is 20.3 Å². The van der Waals surface area contributed by atoms with Crippen molar-refractivity contribution < 1.29 is 9.53 Å². The number of rotatable bonds is 6. The molecule has 0 radical (unpaired) electrons. The second-order valence-corrected chi connectivity index (χ2v) is 6.71. The Balaban J connectivity index is 1.70. The lowest BCUT2D eigenvalue weighted by atomic mass is 10.2. The molecule has 2 aromatic heterocycles. The molecule has 3 aromatic rings. The van der Waals surface area contributed by atoms with Gasteiger partial charge in [-0.15, -0.1) is 5.10 Å². The lowest BCUT2D eigenvalue weighted by Gasteiger charge is -2.11. The summed E-state index contributed by atoms with van der Waals surface area (Å²) in [5.41, 5.74) is 1.83. The molecule has 1 N–H and O–H groups in total. The van der Waals surface area contributed by atoms with Crippen molar-refractivity contribution >= 4 is 39.0 Å². The van der Waals surface area contributed by atoms with Crippen LogP contribution in [0.4, 0.5) is 5.13 Å². The molecule has 0 saturated carbocycles. The van der Waals surface area contributed by atoms with E-state index >= 15 is 0 Å². The number of benzene rings is 1. The average Bonchev–Trinajstić information content (AvgIpc) is 3.06. The maximum absolute atomic E-state index is 11.5. The molecule has 0 aliphatic heterocycles. The largest absolute Gasteiger partial charge is 0.466 e. The third-order valence-electron chi connectivity index (χ3n) is 3.33. The van der Waals surface area contributed by atoms with Gasteiger partial charge < -0.3 is 10.1 Å². The molecule has 2 heterocycles. The quantitative estimate of drug-likeness (QED) is 0.672. The van der Waals surface area contributed by atoms with Crippen LogP contribution in [0.2, 0.25) is 5.02 Å². The molecule has 24 heavy (non-hydrogen) atoms. The molecule has 0 aliphatic rings. The lowest BCUT2D eigenvalue weighted by Crippen LogP contribution is -2.21. The van der Waals surface area contributed by atoms with E-state index in [-0.39, 0.29) is 12.0 Å². The van der Waals surface area contributed by atoms with Gasteiger partial charge in [0.1, 0.15) is 0 Å². The Morgan fingerprint density at radius 3 is 2.83 bits per heavy atom. The first-order valence-corrected chi connectivity index (χ1v) is 8.79. The van der Waals surface area contributed by atoms with Gasteiger partial charge in [0.05, 0.1) is 24.9 Å². The number of hydrogen-bond acceptors (Lipinski definition) is 6. The summed E-state index contributed by atoms with van der Waals surface area (Å²) in [4.78, 5) is 16.8. The van der Waals surface area contributed by atoms with Gasteiger partial charge in [0.25, 0.3) is 0 Å². The monoisotopic (exact) mass is 364 g/mol. The fraction of sp³-hybridized carbons (Fsp3) is 0.312. The highest BCUT2D eigenvalue weighted by molar-refractivity contribution is 7.20. The van der Waals surface area contributed by atoms with Crippen LogP contribution >= 0.6 is 22.9 Å². The Morgan fingerprint density at radius 2 is 2.17 bits per heavy atom. The number of carbonyl (C=O) groups excluding carboxylic acids is 1. The number of esters is 1. The molecule has 3 rings (SSSR count). The first kappa shape index (κ1) is 16.7. The molecule has 8 heteroatoms. The third kappa shape index (κ3) is 3.85. The van der Waals surface area contributed by atoms with Crippen LogP contribution in [0, 0.1) is 0 Å². The van der Waals surface area contributed by atoms with Crippen molar-refractivity contribution in [3.05, 3.63) is 35.5 Å². The first-order valence-electron chi connectivity index (χ1n) is 7.59. The number of fused-ring (bicyclic) bond motifs is 1. The van der Waals surface area contributed by atoms with E-state index in [2.05, 4.69) is 15.4 Å². The predicted octanol–water partition coefficient (Wildman–Crippen LogP) is 3.86. The van der Waals surface area contributed by atoms with E-state index in [9.17, 15) is 4.79 Å². The van der Waals surface area contributed by atoms with Gasteiger partial charge in [0.15, 0.2) is 0 Å². The van der Waals surface area contributed by atoms with Crippen molar-refractivity contribution in [1.82, 2.24) is 14.6 Å². The van der Waals surface area contributed by atoms with Crippen molar-refractivity contribution in [2.24, 2.45) is 0 Å². The molecular weight excluding hydrogens is 348 g/mol. The van der Waals surface area contributed by atoms with E-state index in [4.69, 9.17) is 16.3 Å². The summed E-state index contributed by atoms with van der Waals surface area (Å²) in [6.45, 7) is 4.11. The third-order valence-corrected chi connectivity index (χ3v) is 4.44. The van der Waals surface area contributed by atoms with Gasteiger partial charge in [-0.05, 0) is 26.0 Å². The molecule has 6 nitrogen and oxygen atoms in total. The van der Waals surface area contributed by atoms with Crippen LogP contribution in [0.3, 0.4) is 0 Å². The minimum atomic E-state index is -0.219. The number of imidazole rings is 1. The molecule has 1 aromatic carbocycles. The molecule has 0 bridgehead atoms. The number of ether oxygens (including phenoxy) is 1. The molecule has 126 valence electrons.